The van der Waals surface area contributed by atoms with E-state index in [-0.39, 0.29) is 5.41 Å². The van der Waals surface area contributed by atoms with E-state index in [1.54, 1.807) is 0 Å². The van der Waals surface area contributed by atoms with Crippen LogP contribution in [0.1, 0.15) is 25.0 Å². The van der Waals surface area contributed by atoms with Gasteiger partial charge in [0.05, 0.1) is 11.2 Å². The molecule has 0 amide bonds. The first-order valence-electron chi connectivity index (χ1n) is 8.34. The Morgan fingerprint density at radius 1 is 0.792 bits per heavy atom. The van der Waals surface area contributed by atoms with Crippen LogP contribution in [0.5, 0.6) is 0 Å². The molecule has 0 fully saturated rings. The maximum absolute atomic E-state index is 4.72. The van der Waals surface area contributed by atoms with Crippen molar-refractivity contribution in [3.05, 3.63) is 84.1 Å². The fourth-order valence-corrected chi connectivity index (χ4v) is 3.93. The third-order valence-electron chi connectivity index (χ3n) is 5.25. The van der Waals surface area contributed by atoms with E-state index in [4.69, 9.17) is 5.10 Å². The van der Waals surface area contributed by atoms with Gasteiger partial charge in [-0.05, 0) is 40.5 Å². The molecule has 0 saturated carbocycles. The Labute approximate surface area is 141 Å². The molecule has 0 N–H and O–H groups in total. The Morgan fingerprint density at radius 3 is 2.42 bits per heavy atom. The quantitative estimate of drug-likeness (QED) is 0.464. The second-order valence-electron chi connectivity index (χ2n) is 7.03. The van der Waals surface area contributed by atoms with Gasteiger partial charge in [0.15, 0.2) is 0 Å². The molecule has 0 unspecified atom stereocenters. The molecular formula is C22H18N2. The smallest absolute Gasteiger partial charge is 0.0927 e. The van der Waals surface area contributed by atoms with Crippen LogP contribution in [-0.4, -0.2) is 9.78 Å². The van der Waals surface area contributed by atoms with Crippen molar-refractivity contribution < 1.29 is 0 Å². The van der Waals surface area contributed by atoms with Crippen LogP contribution < -0.4 is 0 Å². The molecule has 0 bridgehead atoms. The Kier molecular flexibility index (Phi) is 2.58. The molecular weight excluding hydrogens is 292 g/mol. The summed E-state index contributed by atoms with van der Waals surface area (Å²) >= 11 is 0. The van der Waals surface area contributed by atoms with Gasteiger partial charge in [0.25, 0.3) is 0 Å². The third-order valence-corrected chi connectivity index (χ3v) is 5.25. The van der Waals surface area contributed by atoms with Crippen molar-refractivity contribution in [2.75, 3.05) is 0 Å². The summed E-state index contributed by atoms with van der Waals surface area (Å²) < 4.78 is 1.99. The van der Waals surface area contributed by atoms with E-state index in [1.165, 1.54) is 27.6 Å². The lowest BCUT2D eigenvalue weighted by Gasteiger charge is -2.21. The van der Waals surface area contributed by atoms with Gasteiger partial charge in [0.2, 0.25) is 0 Å². The van der Waals surface area contributed by atoms with Gasteiger partial charge < -0.3 is 0 Å². The summed E-state index contributed by atoms with van der Waals surface area (Å²) in [5.41, 5.74) is 7.65. The third kappa shape index (κ3) is 1.74. The van der Waals surface area contributed by atoms with Crippen LogP contribution in [0.15, 0.2) is 72.9 Å². The summed E-state index contributed by atoms with van der Waals surface area (Å²) in [4.78, 5) is 0. The van der Waals surface area contributed by atoms with Crippen molar-refractivity contribution in [2.45, 2.75) is 19.3 Å². The van der Waals surface area contributed by atoms with Gasteiger partial charge in [0, 0.05) is 17.0 Å². The lowest BCUT2D eigenvalue weighted by molar-refractivity contribution is 0.659. The van der Waals surface area contributed by atoms with E-state index >= 15 is 0 Å². The molecule has 0 atom stereocenters. The lowest BCUT2D eigenvalue weighted by Crippen LogP contribution is -2.15. The SMILES string of the molecule is CC1(C)c2ccccc2-c2ccc(-n3cc4ccccc4n3)cc21. The van der Waals surface area contributed by atoms with Crippen molar-refractivity contribution >= 4 is 10.9 Å². The van der Waals surface area contributed by atoms with E-state index in [1.807, 2.05) is 10.7 Å². The number of hydrogen-bond donors (Lipinski definition) is 0. The molecule has 0 aliphatic heterocycles. The number of rotatable bonds is 1. The zero-order valence-corrected chi connectivity index (χ0v) is 13.8. The molecule has 4 aromatic rings. The Morgan fingerprint density at radius 2 is 1.54 bits per heavy atom. The molecule has 2 heteroatoms. The van der Waals surface area contributed by atoms with E-state index in [0.717, 1.165) is 11.2 Å². The van der Waals surface area contributed by atoms with Gasteiger partial charge in [-0.2, -0.15) is 5.10 Å². The molecule has 0 radical (unpaired) electrons. The highest BCUT2D eigenvalue weighted by Crippen LogP contribution is 2.48. The van der Waals surface area contributed by atoms with Crippen LogP contribution in [0.4, 0.5) is 0 Å². The fourth-order valence-electron chi connectivity index (χ4n) is 3.93. The summed E-state index contributed by atoms with van der Waals surface area (Å²) in [6.07, 6.45) is 2.10. The van der Waals surface area contributed by atoms with Gasteiger partial charge in [-0.3, -0.25) is 0 Å². The maximum atomic E-state index is 4.72. The number of nitrogens with zero attached hydrogens (tertiary/aromatic N) is 2. The molecule has 1 heterocycles. The molecule has 5 rings (SSSR count). The predicted octanol–water partition coefficient (Wildman–Crippen LogP) is 5.33. The monoisotopic (exact) mass is 310 g/mol. The van der Waals surface area contributed by atoms with Crippen LogP contribution >= 0.6 is 0 Å². The molecule has 3 aromatic carbocycles. The van der Waals surface area contributed by atoms with Gasteiger partial charge >= 0.3 is 0 Å². The van der Waals surface area contributed by atoms with Crippen LogP contribution in [0, 0.1) is 0 Å². The van der Waals surface area contributed by atoms with Crippen molar-refractivity contribution in [3.8, 4) is 16.8 Å². The standard InChI is InChI=1S/C22H18N2/c1-22(2)19-9-5-4-8-17(19)18-12-11-16(13-20(18)22)24-14-15-7-3-6-10-21(15)23-24/h3-14H,1-2H3. The minimum atomic E-state index is 0.0223. The lowest BCUT2D eigenvalue weighted by atomic mass is 9.82. The highest BCUT2D eigenvalue weighted by Gasteiger charge is 2.35. The van der Waals surface area contributed by atoms with Crippen LogP contribution in [0.3, 0.4) is 0 Å². The molecule has 116 valence electrons. The highest BCUT2D eigenvalue weighted by atomic mass is 15.3. The zero-order valence-electron chi connectivity index (χ0n) is 13.8. The molecule has 1 aliphatic carbocycles. The fraction of sp³-hybridized carbons (Fsp3) is 0.136. The summed E-state index contributed by atoms with van der Waals surface area (Å²) in [5.74, 6) is 0. The van der Waals surface area contributed by atoms with Crippen molar-refractivity contribution in [2.24, 2.45) is 0 Å². The normalized spacial score (nSPS) is 14.6. The largest absolute Gasteiger partial charge is 0.240 e. The number of hydrogen-bond acceptors (Lipinski definition) is 1. The van der Waals surface area contributed by atoms with Crippen LogP contribution in [-0.2, 0) is 5.41 Å². The average Bonchev–Trinajstić information content (AvgIpc) is 3.13. The first-order valence-corrected chi connectivity index (χ1v) is 8.34. The van der Waals surface area contributed by atoms with E-state index in [2.05, 4.69) is 80.7 Å². The molecule has 2 nitrogen and oxygen atoms in total. The molecule has 1 aliphatic rings. The molecule has 0 saturated heterocycles. The molecule has 24 heavy (non-hydrogen) atoms. The van der Waals surface area contributed by atoms with Crippen molar-refractivity contribution in [1.82, 2.24) is 9.78 Å². The predicted molar refractivity (Wildman–Crippen MR) is 98.6 cm³/mol. The Hall–Kier alpha value is -2.87. The van der Waals surface area contributed by atoms with Crippen molar-refractivity contribution in [1.29, 1.82) is 0 Å². The van der Waals surface area contributed by atoms with E-state index < -0.39 is 0 Å². The number of aromatic nitrogens is 2. The second kappa shape index (κ2) is 4.57. The number of benzene rings is 3. The van der Waals surface area contributed by atoms with E-state index in [9.17, 15) is 0 Å². The first-order chi connectivity index (χ1) is 11.6. The molecule has 1 aromatic heterocycles. The second-order valence-corrected chi connectivity index (χ2v) is 7.03. The minimum Gasteiger partial charge on any atom is -0.240 e. The Bertz CT molecular complexity index is 1050. The summed E-state index contributed by atoms with van der Waals surface area (Å²) in [7, 11) is 0. The van der Waals surface area contributed by atoms with Gasteiger partial charge in [-0.15, -0.1) is 0 Å². The number of fused-ring (bicyclic) bond motifs is 4. The zero-order chi connectivity index (χ0) is 16.3. The summed E-state index contributed by atoms with van der Waals surface area (Å²) in [6, 6.07) is 23.7. The van der Waals surface area contributed by atoms with Crippen molar-refractivity contribution in [3.63, 3.8) is 0 Å². The Balaban J connectivity index is 1.71. The topological polar surface area (TPSA) is 17.8 Å². The van der Waals surface area contributed by atoms with Gasteiger partial charge in [-0.1, -0.05) is 62.4 Å². The minimum absolute atomic E-state index is 0.0223. The first kappa shape index (κ1) is 13.6. The summed E-state index contributed by atoms with van der Waals surface area (Å²) in [6.45, 7) is 4.61. The summed E-state index contributed by atoms with van der Waals surface area (Å²) in [5, 5.41) is 5.89. The van der Waals surface area contributed by atoms with Crippen LogP contribution in [0.25, 0.3) is 27.7 Å². The van der Waals surface area contributed by atoms with E-state index in [0.29, 0.717) is 0 Å². The van der Waals surface area contributed by atoms with Gasteiger partial charge in [0.1, 0.15) is 0 Å². The van der Waals surface area contributed by atoms with Crippen LogP contribution in [0.2, 0.25) is 0 Å². The maximum Gasteiger partial charge on any atom is 0.0927 e. The molecule has 0 spiro atoms. The highest BCUT2D eigenvalue weighted by molar-refractivity contribution is 5.82. The average molecular weight is 310 g/mol. The van der Waals surface area contributed by atoms with Gasteiger partial charge in [-0.25, -0.2) is 4.68 Å².